The van der Waals surface area contributed by atoms with Crippen molar-refractivity contribution in [3.63, 3.8) is 0 Å². The van der Waals surface area contributed by atoms with Gasteiger partial charge in [-0.05, 0) is 67.6 Å². The van der Waals surface area contributed by atoms with Gasteiger partial charge in [0, 0.05) is 18.4 Å². The lowest BCUT2D eigenvalue weighted by Crippen LogP contribution is -2.36. The number of benzene rings is 2. The Morgan fingerprint density at radius 2 is 1.92 bits per heavy atom. The van der Waals surface area contributed by atoms with E-state index in [0.29, 0.717) is 17.9 Å². The molecule has 0 bridgehead atoms. The van der Waals surface area contributed by atoms with Gasteiger partial charge >= 0.3 is 0 Å². The highest BCUT2D eigenvalue weighted by atomic mass is 19.1. The maximum absolute atomic E-state index is 14.0. The summed E-state index contributed by atoms with van der Waals surface area (Å²) in [5, 5.41) is 4.32. The van der Waals surface area contributed by atoms with Gasteiger partial charge in [-0.2, -0.15) is 5.10 Å². The number of nitrogens with zero attached hydrogens (tertiary/aromatic N) is 3. The molecule has 0 unspecified atom stereocenters. The molecule has 1 aromatic heterocycles. The average Bonchev–Trinajstić information content (AvgIpc) is 3.11. The van der Waals surface area contributed by atoms with Crippen molar-refractivity contribution in [2.45, 2.75) is 26.7 Å². The summed E-state index contributed by atoms with van der Waals surface area (Å²) < 4.78 is 15.4. The number of hydrogen-bond acceptors (Lipinski definition) is 2. The van der Waals surface area contributed by atoms with Gasteiger partial charge in [0.25, 0.3) is 5.91 Å². The Hall–Kier alpha value is -2.95. The van der Waals surface area contributed by atoms with Gasteiger partial charge in [-0.15, -0.1) is 0 Å². The molecule has 0 fully saturated rings. The quantitative estimate of drug-likeness (QED) is 0.695. The molecular formula is C21H20FN3O. The Labute approximate surface area is 151 Å². The van der Waals surface area contributed by atoms with Crippen LogP contribution in [0, 0.1) is 19.7 Å². The Morgan fingerprint density at radius 3 is 2.73 bits per heavy atom. The Balaban J connectivity index is 1.69. The number of aromatic nitrogens is 2. The SMILES string of the molecule is Cc1cc(C)c2c(c1)N(C(=O)c1ccn(-c3ccccc3F)n1)CCC2. The molecule has 0 saturated carbocycles. The third-order valence-corrected chi connectivity index (χ3v) is 4.85. The Morgan fingerprint density at radius 1 is 1.12 bits per heavy atom. The van der Waals surface area contributed by atoms with Crippen LogP contribution in [-0.4, -0.2) is 22.2 Å². The molecule has 1 aliphatic heterocycles. The van der Waals surface area contributed by atoms with Crippen LogP contribution in [0.4, 0.5) is 10.1 Å². The molecule has 2 aromatic carbocycles. The van der Waals surface area contributed by atoms with Crippen LogP contribution in [0.3, 0.4) is 0 Å². The van der Waals surface area contributed by atoms with Crippen LogP contribution >= 0.6 is 0 Å². The number of fused-ring (bicyclic) bond motifs is 1. The molecule has 0 radical (unpaired) electrons. The monoisotopic (exact) mass is 349 g/mol. The molecule has 2 heterocycles. The van der Waals surface area contributed by atoms with Gasteiger partial charge in [-0.1, -0.05) is 18.2 Å². The fourth-order valence-corrected chi connectivity index (χ4v) is 3.63. The standard InChI is InChI=1S/C21H20FN3O/c1-14-12-15(2)16-6-5-10-24(20(16)13-14)21(26)18-9-11-25(23-18)19-8-4-3-7-17(19)22/h3-4,7-9,11-13H,5-6,10H2,1-2H3. The summed E-state index contributed by atoms with van der Waals surface area (Å²) in [6.07, 6.45) is 3.53. The molecule has 4 nitrogen and oxygen atoms in total. The van der Waals surface area contributed by atoms with Crippen LogP contribution < -0.4 is 4.90 Å². The first-order valence-corrected chi connectivity index (χ1v) is 8.77. The largest absolute Gasteiger partial charge is 0.307 e. The molecule has 1 aliphatic rings. The van der Waals surface area contributed by atoms with Crippen molar-refractivity contribution in [1.29, 1.82) is 0 Å². The zero-order valence-corrected chi connectivity index (χ0v) is 14.9. The normalized spacial score (nSPS) is 13.6. The number of hydrogen-bond donors (Lipinski definition) is 0. The van der Waals surface area contributed by atoms with E-state index >= 15 is 0 Å². The van der Waals surface area contributed by atoms with Gasteiger partial charge in [0.2, 0.25) is 0 Å². The van der Waals surface area contributed by atoms with E-state index in [2.05, 4.69) is 24.2 Å². The molecule has 1 amide bonds. The number of anilines is 1. The van der Waals surface area contributed by atoms with Crippen molar-refractivity contribution in [1.82, 2.24) is 9.78 Å². The van der Waals surface area contributed by atoms with E-state index in [4.69, 9.17) is 0 Å². The van der Waals surface area contributed by atoms with Gasteiger partial charge < -0.3 is 4.90 Å². The summed E-state index contributed by atoms with van der Waals surface area (Å²) in [7, 11) is 0. The second-order valence-corrected chi connectivity index (χ2v) is 6.74. The number of carbonyl (C=O) groups excluding carboxylic acids is 1. The van der Waals surface area contributed by atoms with Gasteiger partial charge in [-0.25, -0.2) is 9.07 Å². The van der Waals surface area contributed by atoms with Crippen LogP contribution in [0.2, 0.25) is 0 Å². The number of para-hydroxylation sites is 1. The van der Waals surface area contributed by atoms with Gasteiger partial charge in [-0.3, -0.25) is 4.79 Å². The average molecular weight is 349 g/mol. The van der Waals surface area contributed by atoms with Gasteiger partial charge in [0.05, 0.1) is 0 Å². The summed E-state index contributed by atoms with van der Waals surface area (Å²) in [4.78, 5) is 14.9. The first kappa shape index (κ1) is 16.5. The summed E-state index contributed by atoms with van der Waals surface area (Å²) in [6, 6.07) is 12.3. The number of aryl methyl sites for hydroxylation is 2. The highest BCUT2D eigenvalue weighted by molar-refractivity contribution is 6.05. The highest BCUT2D eigenvalue weighted by Gasteiger charge is 2.26. The van der Waals surface area contributed by atoms with E-state index in [1.165, 1.54) is 21.9 Å². The smallest absolute Gasteiger partial charge is 0.278 e. The van der Waals surface area contributed by atoms with Crippen molar-refractivity contribution >= 4 is 11.6 Å². The van der Waals surface area contributed by atoms with E-state index < -0.39 is 0 Å². The van der Waals surface area contributed by atoms with Gasteiger partial charge in [0.1, 0.15) is 11.5 Å². The van der Waals surface area contributed by atoms with Crippen molar-refractivity contribution in [2.75, 3.05) is 11.4 Å². The van der Waals surface area contributed by atoms with Crippen molar-refractivity contribution in [2.24, 2.45) is 0 Å². The lowest BCUT2D eigenvalue weighted by molar-refractivity contribution is 0.0980. The molecule has 0 N–H and O–H groups in total. The fraction of sp³-hybridized carbons (Fsp3) is 0.238. The molecule has 5 heteroatoms. The fourth-order valence-electron chi connectivity index (χ4n) is 3.63. The van der Waals surface area contributed by atoms with E-state index in [0.717, 1.165) is 24.1 Å². The number of carbonyl (C=O) groups is 1. The molecule has 132 valence electrons. The number of amides is 1. The third-order valence-electron chi connectivity index (χ3n) is 4.85. The minimum atomic E-state index is -0.371. The topological polar surface area (TPSA) is 38.1 Å². The summed E-state index contributed by atoms with van der Waals surface area (Å²) >= 11 is 0. The van der Waals surface area contributed by atoms with Crippen LogP contribution in [0.1, 0.15) is 33.6 Å². The Bertz CT molecular complexity index is 993. The van der Waals surface area contributed by atoms with E-state index in [1.54, 1.807) is 35.4 Å². The number of rotatable bonds is 2. The molecule has 0 atom stereocenters. The van der Waals surface area contributed by atoms with E-state index in [9.17, 15) is 9.18 Å². The molecule has 4 rings (SSSR count). The maximum atomic E-state index is 14.0. The summed E-state index contributed by atoms with van der Waals surface area (Å²) in [5.41, 5.74) is 5.20. The summed E-state index contributed by atoms with van der Waals surface area (Å²) in [5.74, 6) is -0.518. The minimum Gasteiger partial charge on any atom is -0.307 e. The molecule has 0 saturated heterocycles. The molecular weight excluding hydrogens is 329 g/mol. The Kier molecular flexibility index (Phi) is 4.07. The van der Waals surface area contributed by atoms with Crippen LogP contribution in [0.5, 0.6) is 0 Å². The highest BCUT2D eigenvalue weighted by Crippen LogP contribution is 2.32. The molecule has 0 aliphatic carbocycles. The molecule has 26 heavy (non-hydrogen) atoms. The lowest BCUT2D eigenvalue weighted by Gasteiger charge is -2.30. The molecule has 3 aromatic rings. The van der Waals surface area contributed by atoms with Crippen LogP contribution in [0.25, 0.3) is 5.69 Å². The van der Waals surface area contributed by atoms with Crippen molar-refractivity contribution < 1.29 is 9.18 Å². The number of halogens is 1. The zero-order valence-electron chi connectivity index (χ0n) is 14.9. The maximum Gasteiger partial charge on any atom is 0.278 e. The predicted octanol–water partition coefficient (Wildman–Crippen LogP) is 4.22. The third kappa shape index (κ3) is 2.79. The summed E-state index contributed by atoms with van der Waals surface area (Å²) in [6.45, 7) is 4.80. The lowest BCUT2D eigenvalue weighted by atomic mass is 9.95. The first-order chi connectivity index (χ1) is 12.5. The predicted molar refractivity (Wildman–Crippen MR) is 99.4 cm³/mol. The second kappa shape index (κ2) is 6.41. The van der Waals surface area contributed by atoms with Gasteiger partial charge in [0.15, 0.2) is 5.69 Å². The molecule has 0 spiro atoms. The van der Waals surface area contributed by atoms with Crippen LogP contribution in [0.15, 0.2) is 48.7 Å². The van der Waals surface area contributed by atoms with E-state index in [-0.39, 0.29) is 11.7 Å². The van der Waals surface area contributed by atoms with E-state index in [1.807, 2.05) is 6.92 Å². The second-order valence-electron chi connectivity index (χ2n) is 6.74. The zero-order chi connectivity index (χ0) is 18.3. The van der Waals surface area contributed by atoms with Crippen molar-refractivity contribution in [3.05, 3.63) is 76.9 Å². The van der Waals surface area contributed by atoms with Crippen LogP contribution in [-0.2, 0) is 6.42 Å². The first-order valence-electron chi connectivity index (χ1n) is 8.77. The van der Waals surface area contributed by atoms with Crippen molar-refractivity contribution in [3.8, 4) is 5.69 Å². The minimum absolute atomic E-state index is 0.147.